The molecule has 0 aliphatic carbocycles. The van der Waals surface area contributed by atoms with Gasteiger partial charge >= 0.3 is 0 Å². The number of H-pyrrole nitrogens is 1. The van der Waals surface area contributed by atoms with Crippen LogP contribution in [-0.2, 0) is 19.6 Å². The Bertz CT molecular complexity index is 850. The minimum Gasteiger partial charge on any atom is -0.341 e. The molecule has 3 aromatic rings. The van der Waals surface area contributed by atoms with Gasteiger partial charge in [0.1, 0.15) is 11.6 Å². The number of hydrogen-bond donors (Lipinski definition) is 1. The van der Waals surface area contributed by atoms with Crippen molar-refractivity contribution >= 4 is 22.4 Å². The molecular weight excluding hydrogens is 335 g/mol. The van der Waals surface area contributed by atoms with Gasteiger partial charge in [-0.3, -0.25) is 9.80 Å². The first kappa shape index (κ1) is 16.7. The Balaban J connectivity index is 1.36. The molecule has 1 aliphatic heterocycles. The highest BCUT2D eigenvalue weighted by Crippen LogP contribution is 2.21. The second-order valence-corrected chi connectivity index (χ2v) is 7.92. The number of imidazole rings is 1. The summed E-state index contributed by atoms with van der Waals surface area (Å²) >= 11 is 1.83. The van der Waals surface area contributed by atoms with Crippen LogP contribution in [0.15, 0.2) is 29.6 Å². The molecule has 0 atom stereocenters. The molecule has 6 heteroatoms. The summed E-state index contributed by atoms with van der Waals surface area (Å²) in [5.74, 6) is 0.636. The number of halogens is 1. The Morgan fingerprint density at radius 2 is 2.08 bits per heavy atom. The van der Waals surface area contributed by atoms with Crippen LogP contribution >= 0.6 is 11.3 Å². The first-order chi connectivity index (χ1) is 12.2. The third-order valence-electron chi connectivity index (χ3n) is 4.65. The molecule has 1 saturated heterocycles. The topological polar surface area (TPSA) is 35.2 Å². The van der Waals surface area contributed by atoms with Crippen LogP contribution in [0.3, 0.4) is 0 Å². The fourth-order valence-corrected chi connectivity index (χ4v) is 4.44. The summed E-state index contributed by atoms with van der Waals surface area (Å²) < 4.78 is 13.3. The lowest BCUT2D eigenvalue weighted by molar-refractivity contribution is 0.314. The van der Waals surface area contributed by atoms with Crippen LogP contribution in [0.1, 0.15) is 29.1 Å². The number of thiophene rings is 1. The molecule has 1 fully saturated rings. The summed E-state index contributed by atoms with van der Waals surface area (Å²) in [7, 11) is 2.09. The van der Waals surface area contributed by atoms with E-state index < -0.39 is 0 Å². The first-order valence-electron chi connectivity index (χ1n) is 8.77. The molecule has 25 heavy (non-hydrogen) atoms. The molecule has 0 saturated carbocycles. The fourth-order valence-electron chi connectivity index (χ4n) is 3.48. The number of benzene rings is 1. The SMILES string of the molecule is CN(Cc1nc2ccc(F)cc2[nH]1)Cc1cc(CN2CCCC2)cs1. The number of nitrogens with one attached hydrogen (secondary N) is 1. The molecule has 1 N–H and O–H groups in total. The van der Waals surface area contributed by atoms with E-state index in [2.05, 4.69) is 38.3 Å². The monoisotopic (exact) mass is 358 g/mol. The summed E-state index contributed by atoms with van der Waals surface area (Å²) in [6.45, 7) is 5.16. The maximum atomic E-state index is 13.3. The van der Waals surface area contributed by atoms with Crippen molar-refractivity contribution in [3.8, 4) is 0 Å². The highest BCUT2D eigenvalue weighted by Gasteiger charge is 2.13. The molecule has 1 aromatic carbocycles. The van der Waals surface area contributed by atoms with E-state index in [1.165, 1.54) is 48.5 Å². The summed E-state index contributed by atoms with van der Waals surface area (Å²) in [6, 6.07) is 6.99. The van der Waals surface area contributed by atoms with Crippen LogP contribution in [0.2, 0.25) is 0 Å². The second-order valence-electron chi connectivity index (χ2n) is 6.92. The predicted molar refractivity (Wildman–Crippen MR) is 100 cm³/mol. The molecule has 0 unspecified atom stereocenters. The zero-order valence-electron chi connectivity index (χ0n) is 14.5. The van der Waals surface area contributed by atoms with E-state index in [1.807, 2.05) is 11.3 Å². The lowest BCUT2D eigenvalue weighted by Crippen LogP contribution is -2.18. The van der Waals surface area contributed by atoms with Crippen LogP contribution in [0, 0.1) is 5.82 Å². The number of nitrogens with zero attached hydrogens (tertiary/aromatic N) is 3. The molecule has 0 amide bonds. The Hall–Kier alpha value is -1.76. The number of fused-ring (bicyclic) bond motifs is 1. The smallest absolute Gasteiger partial charge is 0.125 e. The van der Waals surface area contributed by atoms with Crippen molar-refractivity contribution in [3.05, 3.63) is 51.7 Å². The number of hydrogen-bond acceptors (Lipinski definition) is 4. The Kier molecular flexibility index (Phi) is 4.83. The van der Waals surface area contributed by atoms with Gasteiger partial charge in [0.2, 0.25) is 0 Å². The molecule has 4 rings (SSSR count). The van der Waals surface area contributed by atoms with Crippen LogP contribution in [0.4, 0.5) is 4.39 Å². The molecule has 1 aliphatic rings. The largest absolute Gasteiger partial charge is 0.341 e. The van der Waals surface area contributed by atoms with Crippen molar-refractivity contribution < 1.29 is 4.39 Å². The van der Waals surface area contributed by atoms with E-state index in [9.17, 15) is 4.39 Å². The van der Waals surface area contributed by atoms with Crippen LogP contribution in [0.25, 0.3) is 11.0 Å². The van der Waals surface area contributed by atoms with Crippen molar-refractivity contribution in [2.24, 2.45) is 0 Å². The highest BCUT2D eigenvalue weighted by atomic mass is 32.1. The molecule has 0 bridgehead atoms. The zero-order valence-corrected chi connectivity index (χ0v) is 15.3. The van der Waals surface area contributed by atoms with Crippen LogP contribution in [0.5, 0.6) is 0 Å². The minimum atomic E-state index is -0.236. The van der Waals surface area contributed by atoms with Gasteiger partial charge < -0.3 is 4.98 Å². The van der Waals surface area contributed by atoms with Gasteiger partial charge in [0, 0.05) is 18.0 Å². The van der Waals surface area contributed by atoms with E-state index >= 15 is 0 Å². The lowest BCUT2D eigenvalue weighted by atomic mass is 10.3. The number of likely N-dealkylation sites (tertiary alicyclic amines) is 1. The fraction of sp³-hybridized carbons (Fsp3) is 0.421. The Morgan fingerprint density at radius 1 is 1.24 bits per heavy atom. The van der Waals surface area contributed by atoms with Crippen molar-refractivity contribution in [3.63, 3.8) is 0 Å². The minimum absolute atomic E-state index is 0.236. The summed E-state index contributed by atoms with van der Waals surface area (Å²) in [5.41, 5.74) is 3.00. The van der Waals surface area contributed by atoms with Gasteiger partial charge in [0.15, 0.2) is 0 Å². The number of rotatable bonds is 6. The molecular formula is C19H23FN4S. The molecule has 2 aromatic heterocycles. The Morgan fingerprint density at radius 3 is 2.92 bits per heavy atom. The van der Waals surface area contributed by atoms with Crippen molar-refractivity contribution in [2.75, 3.05) is 20.1 Å². The lowest BCUT2D eigenvalue weighted by Gasteiger charge is -2.14. The number of aromatic amines is 1. The van der Waals surface area contributed by atoms with Gasteiger partial charge in [0.05, 0.1) is 17.6 Å². The average molecular weight is 358 g/mol. The predicted octanol–water partition coefficient (Wildman–Crippen LogP) is 3.99. The van der Waals surface area contributed by atoms with E-state index in [1.54, 1.807) is 6.07 Å². The van der Waals surface area contributed by atoms with E-state index in [0.29, 0.717) is 0 Å². The van der Waals surface area contributed by atoms with Crippen molar-refractivity contribution in [2.45, 2.75) is 32.5 Å². The average Bonchev–Trinajstić information content (AvgIpc) is 3.29. The molecule has 0 spiro atoms. The standard InChI is InChI=1S/C19H23FN4S/c1-23(12-19-21-17-5-4-15(20)9-18(17)22-19)11-16-8-14(13-25-16)10-24-6-2-3-7-24/h4-5,8-9,13H,2-3,6-7,10-12H2,1H3,(H,21,22). The van der Waals surface area contributed by atoms with Crippen molar-refractivity contribution in [1.82, 2.24) is 19.8 Å². The Labute approximate surface area is 151 Å². The third-order valence-corrected chi connectivity index (χ3v) is 5.62. The van der Waals surface area contributed by atoms with Gasteiger partial charge in [-0.25, -0.2) is 9.37 Å². The van der Waals surface area contributed by atoms with Gasteiger partial charge in [0.25, 0.3) is 0 Å². The summed E-state index contributed by atoms with van der Waals surface area (Å²) in [6.07, 6.45) is 2.67. The summed E-state index contributed by atoms with van der Waals surface area (Å²) in [4.78, 5) is 13.9. The molecule has 132 valence electrons. The quantitative estimate of drug-likeness (QED) is 0.724. The van der Waals surface area contributed by atoms with E-state index in [0.717, 1.165) is 36.5 Å². The van der Waals surface area contributed by atoms with E-state index in [4.69, 9.17) is 0 Å². The molecule has 3 heterocycles. The zero-order chi connectivity index (χ0) is 17.2. The van der Waals surface area contributed by atoms with Gasteiger partial charge in [-0.1, -0.05) is 0 Å². The third kappa shape index (κ3) is 4.08. The van der Waals surface area contributed by atoms with E-state index in [-0.39, 0.29) is 5.82 Å². The number of aromatic nitrogens is 2. The maximum absolute atomic E-state index is 13.3. The maximum Gasteiger partial charge on any atom is 0.125 e. The van der Waals surface area contributed by atoms with Crippen molar-refractivity contribution in [1.29, 1.82) is 0 Å². The first-order valence-corrected chi connectivity index (χ1v) is 9.65. The second kappa shape index (κ2) is 7.23. The van der Waals surface area contributed by atoms with Crippen LogP contribution in [-0.4, -0.2) is 39.9 Å². The summed E-state index contributed by atoms with van der Waals surface area (Å²) in [5, 5.41) is 2.28. The van der Waals surface area contributed by atoms with Gasteiger partial charge in [-0.05, 0) is 68.2 Å². The van der Waals surface area contributed by atoms with Gasteiger partial charge in [-0.15, -0.1) is 11.3 Å². The normalized spacial score (nSPS) is 15.6. The van der Waals surface area contributed by atoms with Gasteiger partial charge in [-0.2, -0.15) is 0 Å². The molecule has 4 nitrogen and oxygen atoms in total. The van der Waals surface area contributed by atoms with Crippen LogP contribution < -0.4 is 0 Å². The molecule has 0 radical (unpaired) electrons. The highest BCUT2D eigenvalue weighted by molar-refractivity contribution is 7.10.